The Hall–Kier alpha value is -2.98. The van der Waals surface area contributed by atoms with Gasteiger partial charge < -0.3 is 10.1 Å². The van der Waals surface area contributed by atoms with Gasteiger partial charge in [-0.05, 0) is 43.3 Å². The molecule has 8 nitrogen and oxygen atoms in total. The zero-order valence-corrected chi connectivity index (χ0v) is 16.8. The number of amides is 1. The summed E-state index contributed by atoms with van der Waals surface area (Å²) in [6, 6.07) is 11.4. The van der Waals surface area contributed by atoms with Gasteiger partial charge in [-0.2, -0.15) is 0 Å². The molecular formula is C18H18N4O4S2. The molecule has 28 heavy (non-hydrogen) atoms. The van der Waals surface area contributed by atoms with E-state index in [4.69, 9.17) is 4.74 Å². The van der Waals surface area contributed by atoms with Crippen LogP contribution < -0.4 is 14.8 Å². The lowest BCUT2D eigenvalue weighted by Gasteiger charge is -2.06. The number of hydrogen-bond acceptors (Lipinski definition) is 7. The number of carbonyl (C=O) groups excluding carboxylic acids is 1. The molecule has 0 atom stereocenters. The van der Waals surface area contributed by atoms with Crippen LogP contribution in [0.1, 0.15) is 21.1 Å². The molecule has 0 saturated heterocycles. The molecule has 0 aliphatic carbocycles. The fourth-order valence-electron chi connectivity index (χ4n) is 2.33. The van der Waals surface area contributed by atoms with Gasteiger partial charge in [0.15, 0.2) is 5.13 Å². The first-order chi connectivity index (χ1) is 13.4. The summed E-state index contributed by atoms with van der Waals surface area (Å²) in [6.07, 6.45) is 1.64. The summed E-state index contributed by atoms with van der Waals surface area (Å²) in [5.74, 6) is 0.214. The standard InChI is InChI=1S/C18H18N4O4S2/c1-12-16(17(23)20-11-13-5-3-4-10-19-13)27-18(21-12)22-28(24,25)15-8-6-14(26-2)7-9-15/h3-10H,11H2,1-2H3,(H,20,23)(H,21,22). The van der Waals surface area contributed by atoms with Crippen molar-refractivity contribution in [2.75, 3.05) is 11.8 Å². The predicted molar refractivity (Wildman–Crippen MR) is 106 cm³/mol. The third-order valence-electron chi connectivity index (χ3n) is 3.75. The van der Waals surface area contributed by atoms with E-state index in [1.165, 1.54) is 19.2 Å². The lowest BCUT2D eigenvalue weighted by molar-refractivity contribution is 0.0953. The van der Waals surface area contributed by atoms with Gasteiger partial charge in [0.2, 0.25) is 0 Å². The Morgan fingerprint density at radius 2 is 1.93 bits per heavy atom. The average molecular weight is 419 g/mol. The van der Waals surface area contributed by atoms with E-state index in [9.17, 15) is 13.2 Å². The van der Waals surface area contributed by atoms with Gasteiger partial charge in [0.25, 0.3) is 15.9 Å². The first-order valence-electron chi connectivity index (χ1n) is 8.21. The second-order valence-electron chi connectivity index (χ2n) is 5.72. The highest BCUT2D eigenvalue weighted by Gasteiger charge is 2.20. The normalized spacial score (nSPS) is 11.1. The molecule has 0 bridgehead atoms. The third kappa shape index (κ3) is 4.65. The van der Waals surface area contributed by atoms with Crippen LogP contribution in [0.3, 0.4) is 0 Å². The summed E-state index contributed by atoms with van der Waals surface area (Å²) >= 11 is 0.973. The highest BCUT2D eigenvalue weighted by molar-refractivity contribution is 7.93. The van der Waals surface area contributed by atoms with E-state index < -0.39 is 10.0 Å². The van der Waals surface area contributed by atoms with Gasteiger partial charge in [-0.25, -0.2) is 13.4 Å². The number of pyridine rings is 1. The molecule has 3 rings (SSSR count). The number of carbonyl (C=O) groups is 1. The largest absolute Gasteiger partial charge is 0.497 e. The number of rotatable bonds is 7. The number of thiazole rings is 1. The van der Waals surface area contributed by atoms with E-state index in [0.29, 0.717) is 16.3 Å². The second kappa shape index (κ2) is 8.36. The van der Waals surface area contributed by atoms with Crippen molar-refractivity contribution in [1.29, 1.82) is 0 Å². The number of nitrogens with one attached hydrogen (secondary N) is 2. The predicted octanol–water partition coefficient (Wildman–Crippen LogP) is 2.59. The molecule has 3 aromatic rings. The molecule has 10 heteroatoms. The summed E-state index contributed by atoms with van der Waals surface area (Å²) < 4.78 is 32.5. The van der Waals surface area contributed by atoms with Crippen LogP contribution in [0.15, 0.2) is 53.6 Å². The summed E-state index contributed by atoms with van der Waals surface area (Å²) in [4.78, 5) is 21.1. The number of sulfonamides is 1. The minimum Gasteiger partial charge on any atom is -0.497 e. The number of aryl methyl sites for hydroxylation is 1. The number of nitrogens with zero attached hydrogens (tertiary/aromatic N) is 2. The fourth-order valence-corrected chi connectivity index (χ4v) is 4.45. The first-order valence-corrected chi connectivity index (χ1v) is 10.5. The number of anilines is 1. The van der Waals surface area contributed by atoms with Crippen molar-refractivity contribution in [2.45, 2.75) is 18.4 Å². The van der Waals surface area contributed by atoms with Gasteiger partial charge >= 0.3 is 0 Å². The molecule has 0 saturated carbocycles. The molecule has 1 amide bonds. The molecule has 2 heterocycles. The Morgan fingerprint density at radius 1 is 1.18 bits per heavy atom. The van der Waals surface area contributed by atoms with Crippen LogP contribution in [-0.2, 0) is 16.6 Å². The van der Waals surface area contributed by atoms with Crippen LogP contribution in [0.2, 0.25) is 0 Å². The second-order valence-corrected chi connectivity index (χ2v) is 8.40. The van der Waals surface area contributed by atoms with Crippen molar-refractivity contribution >= 4 is 32.4 Å². The average Bonchev–Trinajstić information content (AvgIpc) is 3.06. The Balaban J connectivity index is 1.71. The van der Waals surface area contributed by atoms with Gasteiger partial charge in [-0.3, -0.25) is 14.5 Å². The van der Waals surface area contributed by atoms with Crippen LogP contribution >= 0.6 is 11.3 Å². The lowest BCUT2D eigenvalue weighted by Crippen LogP contribution is -2.23. The lowest BCUT2D eigenvalue weighted by atomic mass is 10.3. The van der Waals surface area contributed by atoms with Crippen LogP contribution in [0.5, 0.6) is 5.75 Å². The summed E-state index contributed by atoms with van der Waals surface area (Å²) in [6.45, 7) is 1.92. The monoisotopic (exact) mass is 418 g/mol. The SMILES string of the molecule is COc1ccc(S(=O)(=O)Nc2nc(C)c(C(=O)NCc3ccccn3)s2)cc1. The zero-order chi connectivity index (χ0) is 20.1. The molecular weight excluding hydrogens is 400 g/mol. The molecule has 1 aromatic carbocycles. The molecule has 0 aliphatic rings. The minimum atomic E-state index is -3.82. The van der Waals surface area contributed by atoms with Gasteiger partial charge in [0.05, 0.1) is 29.9 Å². The number of aromatic nitrogens is 2. The van der Waals surface area contributed by atoms with Crippen molar-refractivity contribution in [3.63, 3.8) is 0 Å². The Labute approximate surface area is 166 Å². The maximum Gasteiger partial charge on any atom is 0.263 e. The van der Waals surface area contributed by atoms with Crippen molar-refractivity contribution in [1.82, 2.24) is 15.3 Å². The quantitative estimate of drug-likeness (QED) is 0.610. The highest BCUT2D eigenvalue weighted by atomic mass is 32.2. The van der Waals surface area contributed by atoms with Crippen LogP contribution in [0.4, 0.5) is 5.13 Å². The number of hydrogen-bond donors (Lipinski definition) is 2. The molecule has 0 fully saturated rings. The van der Waals surface area contributed by atoms with Crippen molar-refractivity contribution in [3.05, 3.63) is 64.9 Å². The van der Waals surface area contributed by atoms with E-state index in [2.05, 4.69) is 20.0 Å². The number of benzene rings is 1. The smallest absolute Gasteiger partial charge is 0.263 e. The molecule has 146 valence electrons. The summed E-state index contributed by atoms with van der Waals surface area (Å²) in [5, 5.41) is 2.88. The van der Waals surface area contributed by atoms with E-state index in [-0.39, 0.29) is 22.5 Å². The van der Waals surface area contributed by atoms with Gasteiger partial charge in [-0.1, -0.05) is 17.4 Å². The van der Waals surface area contributed by atoms with E-state index >= 15 is 0 Å². The fraction of sp³-hybridized carbons (Fsp3) is 0.167. The van der Waals surface area contributed by atoms with Crippen LogP contribution in [0.25, 0.3) is 0 Å². The van der Waals surface area contributed by atoms with Crippen molar-refractivity contribution in [3.8, 4) is 5.75 Å². The maximum atomic E-state index is 12.5. The van der Waals surface area contributed by atoms with Crippen molar-refractivity contribution < 1.29 is 17.9 Å². The Morgan fingerprint density at radius 3 is 2.57 bits per heavy atom. The molecule has 2 N–H and O–H groups in total. The summed E-state index contributed by atoms with van der Waals surface area (Å²) in [7, 11) is -2.32. The minimum absolute atomic E-state index is 0.0716. The van der Waals surface area contributed by atoms with Gasteiger partial charge in [-0.15, -0.1) is 0 Å². The molecule has 0 unspecified atom stereocenters. The first kappa shape index (κ1) is 19.8. The molecule has 2 aromatic heterocycles. The van der Waals surface area contributed by atoms with Crippen LogP contribution in [-0.4, -0.2) is 31.4 Å². The van der Waals surface area contributed by atoms with Crippen molar-refractivity contribution in [2.24, 2.45) is 0 Å². The van der Waals surface area contributed by atoms with Gasteiger partial charge in [0.1, 0.15) is 10.6 Å². The van der Waals surface area contributed by atoms with Crippen LogP contribution in [0, 0.1) is 6.92 Å². The van der Waals surface area contributed by atoms with E-state index in [0.717, 1.165) is 17.0 Å². The third-order valence-corrected chi connectivity index (χ3v) is 6.31. The molecule has 0 aliphatic heterocycles. The maximum absolute atomic E-state index is 12.5. The number of ether oxygens (including phenoxy) is 1. The summed E-state index contributed by atoms with van der Waals surface area (Å²) in [5.41, 5.74) is 1.16. The molecule has 0 spiro atoms. The molecule has 0 radical (unpaired) electrons. The Kier molecular flexibility index (Phi) is 5.90. The van der Waals surface area contributed by atoms with Gasteiger partial charge in [0, 0.05) is 6.20 Å². The number of methoxy groups -OCH3 is 1. The van der Waals surface area contributed by atoms with E-state index in [1.54, 1.807) is 37.4 Å². The Bertz CT molecular complexity index is 1060. The highest BCUT2D eigenvalue weighted by Crippen LogP contribution is 2.25. The zero-order valence-electron chi connectivity index (χ0n) is 15.2. The van der Waals surface area contributed by atoms with E-state index in [1.807, 2.05) is 6.07 Å². The topological polar surface area (TPSA) is 110 Å².